The molecule has 0 saturated carbocycles. The first-order valence-corrected chi connectivity index (χ1v) is 6.95. The monoisotopic (exact) mass is 287 g/mol. The van der Waals surface area contributed by atoms with Gasteiger partial charge in [-0.05, 0) is 18.2 Å². The molecule has 102 valence electrons. The standard InChI is InChI=1S/C13H13N5OS/c1-18(5-9-6-20-7-15-9)13-16-11-3-2-8(14)4-10(11)12(19)17-13/h2-4,6-7H,5,14H2,1H3,(H,16,17,19). The Balaban J connectivity index is 2.00. The SMILES string of the molecule is CN(Cc1cscn1)c1nc2ccc(N)cc2c(=O)[nH]1. The maximum atomic E-state index is 12.1. The number of anilines is 2. The van der Waals surface area contributed by atoms with Gasteiger partial charge >= 0.3 is 0 Å². The van der Waals surface area contributed by atoms with E-state index < -0.39 is 0 Å². The Labute approximate surface area is 118 Å². The molecule has 0 aliphatic carbocycles. The Bertz CT molecular complexity index is 796. The molecule has 0 aliphatic rings. The van der Waals surface area contributed by atoms with E-state index in [1.54, 1.807) is 35.0 Å². The fourth-order valence-electron chi connectivity index (χ4n) is 1.96. The van der Waals surface area contributed by atoms with Crippen LogP contribution < -0.4 is 16.2 Å². The van der Waals surface area contributed by atoms with Gasteiger partial charge in [0, 0.05) is 18.1 Å². The lowest BCUT2D eigenvalue weighted by atomic mass is 10.2. The lowest BCUT2D eigenvalue weighted by Gasteiger charge is -2.16. The van der Waals surface area contributed by atoms with Gasteiger partial charge in [-0.25, -0.2) is 9.97 Å². The zero-order chi connectivity index (χ0) is 14.1. The molecule has 0 radical (unpaired) electrons. The Morgan fingerprint density at radius 1 is 1.45 bits per heavy atom. The van der Waals surface area contributed by atoms with Crippen molar-refractivity contribution in [2.24, 2.45) is 0 Å². The molecular weight excluding hydrogens is 274 g/mol. The molecule has 1 aromatic carbocycles. The van der Waals surface area contributed by atoms with E-state index in [9.17, 15) is 4.79 Å². The number of H-pyrrole nitrogens is 1. The predicted molar refractivity (Wildman–Crippen MR) is 81.0 cm³/mol. The topological polar surface area (TPSA) is 87.9 Å². The van der Waals surface area contributed by atoms with E-state index in [0.717, 1.165) is 5.69 Å². The minimum atomic E-state index is -0.192. The van der Waals surface area contributed by atoms with Gasteiger partial charge in [-0.1, -0.05) is 0 Å². The van der Waals surface area contributed by atoms with Crippen LogP contribution in [0.25, 0.3) is 10.9 Å². The fraction of sp³-hybridized carbons (Fsp3) is 0.154. The summed E-state index contributed by atoms with van der Waals surface area (Å²) in [4.78, 5) is 25.4. The molecule has 3 N–H and O–H groups in total. The molecule has 0 atom stereocenters. The lowest BCUT2D eigenvalue weighted by Crippen LogP contribution is -2.23. The van der Waals surface area contributed by atoms with Crippen molar-refractivity contribution >= 4 is 33.9 Å². The quantitative estimate of drug-likeness (QED) is 0.714. The molecule has 0 unspecified atom stereocenters. The molecule has 2 aromatic heterocycles. The number of hydrogen-bond acceptors (Lipinski definition) is 6. The number of nitrogens with one attached hydrogen (secondary N) is 1. The highest BCUT2D eigenvalue weighted by molar-refractivity contribution is 7.07. The zero-order valence-electron chi connectivity index (χ0n) is 10.8. The summed E-state index contributed by atoms with van der Waals surface area (Å²) in [5.41, 5.74) is 9.39. The van der Waals surface area contributed by atoms with Crippen molar-refractivity contribution in [1.29, 1.82) is 0 Å². The van der Waals surface area contributed by atoms with E-state index in [4.69, 9.17) is 5.73 Å². The molecule has 6 nitrogen and oxygen atoms in total. The summed E-state index contributed by atoms with van der Waals surface area (Å²) in [6, 6.07) is 5.12. The van der Waals surface area contributed by atoms with Gasteiger partial charge in [-0.3, -0.25) is 9.78 Å². The van der Waals surface area contributed by atoms with Crippen LogP contribution in [0, 0.1) is 0 Å². The van der Waals surface area contributed by atoms with Gasteiger partial charge in [0.05, 0.1) is 28.7 Å². The van der Waals surface area contributed by atoms with Gasteiger partial charge in [0.15, 0.2) is 0 Å². The van der Waals surface area contributed by atoms with Gasteiger partial charge in [-0.2, -0.15) is 0 Å². The lowest BCUT2D eigenvalue weighted by molar-refractivity contribution is 0.849. The van der Waals surface area contributed by atoms with Gasteiger partial charge in [0.2, 0.25) is 5.95 Å². The smallest absolute Gasteiger partial charge is 0.260 e. The molecule has 2 heterocycles. The summed E-state index contributed by atoms with van der Waals surface area (Å²) < 4.78 is 0. The third-order valence-electron chi connectivity index (χ3n) is 2.96. The van der Waals surface area contributed by atoms with E-state index in [1.807, 2.05) is 17.3 Å². The maximum Gasteiger partial charge on any atom is 0.260 e. The van der Waals surface area contributed by atoms with Gasteiger partial charge in [0.1, 0.15) is 0 Å². The Hall–Kier alpha value is -2.41. The van der Waals surface area contributed by atoms with E-state index in [2.05, 4.69) is 15.0 Å². The second-order valence-corrected chi connectivity index (χ2v) is 5.22. The predicted octanol–water partition coefficient (Wildman–Crippen LogP) is 1.60. The average molecular weight is 287 g/mol. The Morgan fingerprint density at radius 3 is 3.05 bits per heavy atom. The number of thiazole rings is 1. The van der Waals surface area contributed by atoms with Crippen molar-refractivity contribution in [3.63, 3.8) is 0 Å². The summed E-state index contributed by atoms with van der Waals surface area (Å²) in [5.74, 6) is 0.514. The normalized spacial score (nSPS) is 10.8. The summed E-state index contributed by atoms with van der Waals surface area (Å²) >= 11 is 1.54. The number of nitrogen functional groups attached to an aromatic ring is 1. The van der Waals surface area contributed by atoms with Crippen LogP contribution in [0.1, 0.15) is 5.69 Å². The largest absolute Gasteiger partial charge is 0.399 e. The molecule has 20 heavy (non-hydrogen) atoms. The van der Waals surface area contributed by atoms with Gasteiger partial charge < -0.3 is 10.6 Å². The number of rotatable bonds is 3. The number of nitrogens with two attached hydrogens (primary N) is 1. The molecule has 7 heteroatoms. The van der Waals surface area contributed by atoms with Gasteiger partial charge in [0.25, 0.3) is 5.56 Å². The third-order valence-corrected chi connectivity index (χ3v) is 3.60. The molecule has 0 amide bonds. The van der Waals surface area contributed by atoms with E-state index in [-0.39, 0.29) is 5.56 Å². The highest BCUT2D eigenvalue weighted by atomic mass is 32.1. The van der Waals surface area contributed by atoms with E-state index in [0.29, 0.717) is 29.1 Å². The summed E-state index contributed by atoms with van der Waals surface area (Å²) in [6.07, 6.45) is 0. The minimum Gasteiger partial charge on any atom is -0.399 e. The first-order valence-electron chi connectivity index (χ1n) is 6.01. The number of benzene rings is 1. The second-order valence-electron chi connectivity index (χ2n) is 4.50. The average Bonchev–Trinajstić information content (AvgIpc) is 2.92. The van der Waals surface area contributed by atoms with E-state index >= 15 is 0 Å². The van der Waals surface area contributed by atoms with Crippen molar-refractivity contribution in [2.45, 2.75) is 6.54 Å². The zero-order valence-corrected chi connectivity index (χ0v) is 11.6. The summed E-state index contributed by atoms with van der Waals surface area (Å²) in [7, 11) is 1.86. The Morgan fingerprint density at radius 2 is 2.30 bits per heavy atom. The van der Waals surface area contributed by atoms with Crippen LogP contribution in [0.3, 0.4) is 0 Å². The number of aromatic amines is 1. The van der Waals surface area contributed by atoms with Crippen molar-refractivity contribution in [2.75, 3.05) is 17.7 Å². The fourth-order valence-corrected chi connectivity index (χ4v) is 2.51. The number of nitrogens with zero attached hydrogens (tertiary/aromatic N) is 3. The molecular formula is C13H13N5OS. The molecule has 3 rings (SSSR count). The van der Waals surface area contributed by atoms with E-state index in [1.165, 1.54) is 0 Å². The first-order chi connectivity index (χ1) is 9.63. The van der Waals surface area contributed by atoms with Crippen LogP contribution in [-0.2, 0) is 6.54 Å². The molecule has 0 fully saturated rings. The van der Waals surface area contributed by atoms with Crippen LogP contribution in [0.2, 0.25) is 0 Å². The number of fused-ring (bicyclic) bond motifs is 1. The maximum absolute atomic E-state index is 12.1. The first kappa shape index (κ1) is 12.6. The van der Waals surface area contributed by atoms with Crippen molar-refractivity contribution in [3.05, 3.63) is 45.1 Å². The molecule has 3 aromatic rings. The molecule has 0 spiro atoms. The number of hydrogen-bond donors (Lipinski definition) is 2. The summed E-state index contributed by atoms with van der Waals surface area (Å²) in [5, 5.41) is 2.46. The minimum absolute atomic E-state index is 0.192. The van der Waals surface area contributed by atoms with Crippen molar-refractivity contribution in [1.82, 2.24) is 15.0 Å². The highest BCUT2D eigenvalue weighted by Gasteiger charge is 2.09. The molecule has 0 bridgehead atoms. The van der Waals surface area contributed by atoms with Crippen LogP contribution in [0.15, 0.2) is 33.9 Å². The van der Waals surface area contributed by atoms with Crippen LogP contribution in [0.5, 0.6) is 0 Å². The van der Waals surface area contributed by atoms with Gasteiger partial charge in [-0.15, -0.1) is 11.3 Å². The van der Waals surface area contributed by atoms with Crippen LogP contribution in [0.4, 0.5) is 11.6 Å². The molecule has 0 saturated heterocycles. The number of aromatic nitrogens is 3. The Kier molecular flexibility index (Phi) is 3.11. The van der Waals surface area contributed by atoms with Crippen LogP contribution >= 0.6 is 11.3 Å². The third kappa shape index (κ3) is 2.35. The van der Waals surface area contributed by atoms with Crippen LogP contribution in [-0.4, -0.2) is 22.0 Å². The highest BCUT2D eigenvalue weighted by Crippen LogP contribution is 2.15. The van der Waals surface area contributed by atoms with Crippen molar-refractivity contribution < 1.29 is 0 Å². The second kappa shape index (κ2) is 4.93. The summed E-state index contributed by atoms with van der Waals surface area (Å²) in [6.45, 7) is 0.590. The van der Waals surface area contributed by atoms with Crippen molar-refractivity contribution in [3.8, 4) is 0 Å². The molecule has 0 aliphatic heterocycles.